The first-order chi connectivity index (χ1) is 9.36. The Morgan fingerprint density at radius 2 is 2.21 bits per heavy atom. The minimum absolute atomic E-state index is 0.281. The summed E-state index contributed by atoms with van der Waals surface area (Å²) in [5.41, 5.74) is 5.55. The Kier molecular flexibility index (Phi) is 3.89. The van der Waals surface area contributed by atoms with Crippen molar-refractivity contribution < 1.29 is 0 Å². The molecule has 1 aromatic carbocycles. The van der Waals surface area contributed by atoms with E-state index in [2.05, 4.69) is 39.2 Å². The van der Waals surface area contributed by atoms with Crippen LogP contribution in [-0.2, 0) is 19.3 Å². The second kappa shape index (κ2) is 5.80. The summed E-state index contributed by atoms with van der Waals surface area (Å²) in [6.07, 6.45) is 6.68. The number of fused-ring (bicyclic) bond motifs is 1. The first kappa shape index (κ1) is 12.8. The molecule has 1 aliphatic carbocycles. The zero-order valence-corrected chi connectivity index (χ0v) is 12.0. The SMILES string of the molecule is CCNC(Cc1ccc2c(c1)CCC2)c1cnsn1. The Morgan fingerprint density at radius 1 is 1.32 bits per heavy atom. The fourth-order valence-electron chi connectivity index (χ4n) is 2.84. The number of likely N-dealkylation sites (N-methyl/N-ethyl adjacent to an activating group) is 1. The van der Waals surface area contributed by atoms with Crippen molar-refractivity contribution in [2.45, 2.75) is 38.6 Å². The average Bonchev–Trinajstić information content (AvgIpc) is 3.09. The van der Waals surface area contributed by atoms with E-state index in [0.29, 0.717) is 0 Å². The van der Waals surface area contributed by atoms with E-state index in [9.17, 15) is 0 Å². The van der Waals surface area contributed by atoms with Gasteiger partial charge >= 0.3 is 0 Å². The zero-order chi connectivity index (χ0) is 13.1. The lowest BCUT2D eigenvalue weighted by molar-refractivity contribution is 0.540. The van der Waals surface area contributed by atoms with E-state index in [4.69, 9.17) is 0 Å². The van der Waals surface area contributed by atoms with Crippen molar-refractivity contribution in [3.05, 3.63) is 46.8 Å². The fraction of sp³-hybridized carbons (Fsp3) is 0.467. The van der Waals surface area contributed by atoms with Crippen molar-refractivity contribution in [2.75, 3.05) is 6.54 Å². The first-order valence-electron chi connectivity index (χ1n) is 6.98. The van der Waals surface area contributed by atoms with Crippen LogP contribution in [0.2, 0.25) is 0 Å². The fourth-order valence-corrected chi connectivity index (χ4v) is 3.31. The van der Waals surface area contributed by atoms with Crippen LogP contribution in [0, 0.1) is 0 Å². The number of hydrogen-bond acceptors (Lipinski definition) is 4. The van der Waals surface area contributed by atoms with Gasteiger partial charge in [-0.05, 0) is 48.9 Å². The molecule has 1 aliphatic rings. The summed E-state index contributed by atoms with van der Waals surface area (Å²) in [6, 6.07) is 7.24. The van der Waals surface area contributed by atoms with Crippen LogP contribution in [0.15, 0.2) is 24.4 Å². The van der Waals surface area contributed by atoms with Crippen LogP contribution < -0.4 is 5.32 Å². The lowest BCUT2D eigenvalue weighted by Gasteiger charge is -2.16. The largest absolute Gasteiger partial charge is 0.309 e. The van der Waals surface area contributed by atoms with Gasteiger partial charge < -0.3 is 5.32 Å². The number of benzene rings is 1. The van der Waals surface area contributed by atoms with Gasteiger partial charge in [0.2, 0.25) is 0 Å². The van der Waals surface area contributed by atoms with Crippen LogP contribution in [0.4, 0.5) is 0 Å². The first-order valence-corrected chi connectivity index (χ1v) is 7.71. The maximum absolute atomic E-state index is 4.37. The van der Waals surface area contributed by atoms with Gasteiger partial charge in [-0.3, -0.25) is 0 Å². The molecule has 100 valence electrons. The predicted octanol–water partition coefficient (Wildman–Crippen LogP) is 2.92. The molecule has 0 aliphatic heterocycles. The van der Waals surface area contributed by atoms with Crippen molar-refractivity contribution in [2.24, 2.45) is 0 Å². The molecule has 3 nitrogen and oxygen atoms in total. The summed E-state index contributed by atoms with van der Waals surface area (Å²) >= 11 is 1.28. The third kappa shape index (κ3) is 2.85. The van der Waals surface area contributed by atoms with Gasteiger partial charge in [-0.1, -0.05) is 25.1 Å². The molecule has 0 radical (unpaired) electrons. The molecule has 1 aromatic heterocycles. The van der Waals surface area contributed by atoms with Gasteiger partial charge in [0.1, 0.15) is 0 Å². The molecule has 1 unspecified atom stereocenters. The van der Waals surface area contributed by atoms with Crippen LogP contribution in [-0.4, -0.2) is 15.3 Å². The smallest absolute Gasteiger partial charge is 0.0915 e. The molecule has 0 amide bonds. The molecule has 2 aromatic rings. The Balaban J connectivity index is 1.78. The Labute approximate surface area is 118 Å². The van der Waals surface area contributed by atoms with E-state index in [0.717, 1.165) is 18.7 Å². The van der Waals surface area contributed by atoms with Crippen molar-refractivity contribution in [1.82, 2.24) is 14.1 Å². The van der Waals surface area contributed by atoms with E-state index >= 15 is 0 Å². The second-order valence-electron chi connectivity index (χ2n) is 5.10. The van der Waals surface area contributed by atoms with Gasteiger partial charge in [0.25, 0.3) is 0 Å². The Morgan fingerprint density at radius 3 is 3.00 bits per heavy atom. The van der Waals surface area contributed by atoms with Crippen LogP contribution >= 0.6 is 11.7 Å². The van der Waals surface area contributed by atoms with Crippen molar-refractivity contribution in [3.63, 3.8) is 0 Å². The normalized spacial score (nSPS) is 15.4. The molecule has 1 atom stereocenters. The third-order valence-corrected chi connectivity index (χ3v) is 4.28. The van der Waals surface area contributed by atoms with E-state index < -0.39 is 0 Å². The van der Waals surface area contributed by atoms with Crippen molar-refractivity contribution in [1.29, 1.82) is 0 Å². The van der Waals surface area contributed by atoms with E-state index in [1.54, 1.807) is 11.1 Å². The van der Waals surface area contributed by atoms with Crippen LogP contribution in [0.3, 0.4) is 0 Å². The van der Waals surface area contributed by atoms with Crippen molar-refractivity contribution >= 4 is 11.7 Å². The molecule has 3 rings (SSSR count). The highest BCUT2D eigenvalue weighted by Gasteiger charge is 2.16. The molecule has 1 heterocycles. The highest BCUT2D eigenvalue weighted by Crippen LogP contribution is 2.25. The summed E-state index contributed by atoms with van der Waals surface area (Å²) in [5.74, 6) is 0. The van der Waals surface area contributed by atoms with Crippen LogP contribution in [0.25, 0.3) is 0 Å². The number of nitrogens with zero attached hydrogens (tertiary/aromatic N) is 2. The standard InChI is InChI=1S/C15H19N3S/c1-2-16-14(15-10-17-19-18-15)9-11-6-7-12-4-3-5-13(12)8-11/h6-8,10,14,16H,2-5,9H2,1H3. The van der Waals surface area contributed by atoms with Gasteiger partial charge in [0.15, 0.2) is 0 Å². The van der Waals surface area contributed by atoms with Crippen molar-refractivity contribution in [3.8, 4) is 0 Å². The molecular formula is C15H19N3S. The number of nitrogens with one attached hydrogen (secondary N) is 1. The topological polar surface area (TPSA) is 37.8 Å². The summed E-state index contributed by atoms with van der Waals surface area (Å²) in [5, 5.41) is 3.51. The summed E-state index contributed by atoms with van der Waals surface area (Å²) in [7, 11) is 0. The van der Waals surface area contributed by atoms with E-state index in [-0.39, 0.29) is 6.04 Å². The lowest BCUT2D eigenvalue weighted by Crippen LogP contribution is -2.23. The van der Waals surface area contributed by atoms with Gasteiger partial charge in [0.05, 0.1) is 29.7 Å². The van der Waals surface area contributed by atoms with Gasteiger partial charge in [-0.2, -0.15) is 8.75 Å². The van der Waals surface area contributed by atoms with E-state index in [1.165, 1.54) is 36.6 Å². The number of rotatable bonds is 5. The third-order valence-electron chi connectivity index (χ3n) is 3.79. The molecule has 19 heavy (non-hydrogen) atoms. The maximum Gasteiger partial charge on any atom is 0.0915 e. The van der Waals surface area contributed by atoms with Gasteiger partial charge in [0, 0.05) is 0 Å². The average molecular weight is 273 g/mol. The van der Waals surface area contributed by atoms with Crippen LogP contribution in [0.1, 0.15) is 41.8 Å². The van der Waals surface area contributed by atoms with Crippen LogP contribution in [0.5, 0.6) is 0 Å². The highest BCUT2D eigenvalue weighted by atomic mass is 32.1. The summed E-state index contributed by atoms with van der Waals surface area (Å²) < 4.78 is 8.49. The molecule has 0 saturated heterocycles. The molecule has 0 fully saturated rings. The molecule has 0 spiro atoms. The zero-order valence-electron chi connectivity index (χ0n) is 11.2. The molecule has 0 bridgehead atoms. The minimum Gasteiger partial charge on any atom is -0.309 e. The maximum atomic E-state index is 4.37. The molecule has 1 N–H and O–H groups in total. The lowest BCUT2D eigenvalue weighted by atomic mass is 9.99. The number of aromatic nitrogens is 2. The van der Waals surface area contributed by atoms with E-state index in [1.807, 2.05) is 6.20 Å². The summed E-state index contributed by atoms with van der Waals surface area (Å²) in [6.45, 7) is 3.09. The number of hydrogen-bond donors (Lipinski definition) is 1. The minimum atomic E-state index is 0.281. The number of aryl methyl sites for hydroxylation is 2. The Hall–Kier alpha value is -1.26. The molecule has 4 heteroatoms. The monoisotopic (exact) mass is 273 g/mol. The highest BCUT2D eigenvalue weighted by molar-refractivity contribution is 6.99. The predicted molar refractivity (Wildman–Crippen MR) is 78.5 cm³/mol. The second-order valence-corrected chi connectivity index (χ2v) is 5.66. The van der Waals surface area contributed by atoms with Gasteiger partial charge in [-0.25, -0.2) is 0 Å². The summed E-state index contributed by atoms with van der Waals surface area (Å²) in [4.78, 5) is 0. The quantitative estimate of drug-likeness (QED) is 0.910. The molecule has 0 saturated carbocycles. The molecular weight excluding hydrogens is 254 g/mol. The van der Waals surface area contributed by atoms with Gasteiger partial charge in [-0.15, -0.1) is 0 Å². The Bertz CT molecular complexity index is 536.